The van der Waals surface area contributed by atoms with Crippen LogP contribution in [0, 0.1) is 13.8 Å². The Balaban J connectivity index is 1.83. The average molecular weight is 306 g/mol. The Kier molecular flexibility index (Phi) is 3.15. The van der Waals surface area contributed by atoms with E-state index < -0.39 is 0 Å². The second kappa shape index (κ2) is 5.19. The van der Waals surface area contributed by atoms with Crippen molar-refractivity contribution in [1.82, 2.24) is 19.9 Å². The molecule has 23 heavy (non-hydrogen) atoms. The Labute approximate surface area is 134 Å². The highest BCUT2D eigenvalue weighted by Gasteiger charge is 2.24. The smallest absolute Gasteiger partial charge is 0.251 e. The summed E-state index contributed by atoms with van der Waals surface area (Å²) >= 11 is 0. The van der Waals surface area contributed by atoms with Crippen molar-refractivity contribution in [3.05, 3.63) is 53.5 Å². The molecular formula is C18H18N4O. The van der Waals surface area contributed by atoms with Gasteiger partial charge < -0.3 is 5.32 Å². The number of carbonyl (C=O) groups is 1. The third-order valence-corrected chi connectivity index (χ3v) is 4.21. The molecule has 0 bridgehead atoms. The molecule has 1 aliphatic carbocycles. The molecule has 4 rings (SSSR count). The number of aryl methyl sites for hydroxylation is 2. The van der Waals surface area contributed by atoms with Gasteiger partial charge in [0.05, 0.1) is 5.69 Å². The summed E-state index contributed by atoms with van der Waals surface area (Å²) in [6, 6.07) is 9.96. The number of hydrogen-bond acceptors (Lipinski definition) is 3. The zero-order chi connectivity index (χ0) is 16.0. The van der Waals surface area contributed by atoms with Crippen LogP contribution in [0.25, 0.3) is 16.9 Å². The lowest BCUT2D eigenvalue weighted by molar-refractivity contribution is 0.0951. The minimum atomic E-state index is -0.0104. The largest absolute Gasteiger partial charge is 0.349 e. The van der Waals surface area contributed by atoms with Crippen molar-refractivity contribution >= 4 is 17.1 Å². The van der Waals surface area contributed by atoms with Gasteiger partial charge in [0.2, 0.25) is 0 Å². The van der Waals surface area contributed by atoms with Crippen LogP contribution in [-0.4, -0.2) is 26.5 Å². The topological polar surface area (TPSA) is 59.8 Å². The van der Waals surface area contributed by atoms with Crippen molar-refractivity contribution in [2.24, 2.45) is 0 Å². The zero-order valence-corrected chi connectivity index (χ0v) is 13.2. The summed E-state index contributed by atoms with van der Waals surface area (Å²) in [4.78, 5) is 21.3. The fourth-order valence-electron chi connectivity index (χ4n) is 2.80. The number of aromatic nitrogens is 3. The number of carbonyl (C=O) groups excluding carboxylic acids is 1. The molecule has 0 atom stereocenters. The summed E-state index contributed by atoms with van der Waals surface area (Å²) in [5, 5.41) is 3.03. The van der Waals surface area contributed by atoms with E-state index in [0.717, 1.165) is 41.1 Å². The van der Waals surface area contributed by atoms with Crippen LogP contribution in [0.4, 0.5) is 0 Å². The normalized spacial score (nSPS) is 14.2. The van der Waals surface area contributed by atoms with Gasteiger partial charge in [-0.3, -0.25) is 9.36 Å². The van der Waals surface area contributed by atoms with E-state index in [2.05, 4.69) is 15.3 Å². The predicted molar refractivity (Wildman–Crippen MR) is 88.8 cm³/mol. The van der Waals surface area contributed by atoms with E-state index >= 15 is 0 Å². The maximum absolute atomic E-state index is 12.3. The number of fused-ring (bicyclic) bond motifs is 1. The van der Waals surface area contributed by atoms with Crippen LogP contribution < -0.4 is 5.32 Å². The first kappa shape index (κ1) is 13.9. The monoisotopic (exact) mass is 306 g/mol. The molecule has 5 heteroatoms. The van der Waals surface area contributed by atoms with E-state index in [1.807, 2.05) is 48.7 Å². The van der Waals surface area contributed by atoms with Crippen LogP contribution in [0.2, 0.25) is 0 Å². The lowest BCUT2D eigenvalue weighted by Crippen LogP contribution is -2.25. The van der Waals surface area contributed by atoms with Crippen molar-refractivity contribution in [3.8, 4) is 5.69 Å². The van der Waals surface area contributed by atoms with Gasteiger partial charge in [0.1, 0.15) is 11.3 Å². The minimum Gasteiger partial charge on any atom is -0.349 e. The first-order valence-electron chi connectivity index (χ1n) is 7.85. The molecule has 0 unspecified atom stereocenters. The molecule has 2 heterocycles. The first-order valence-corrected chi connectivity index (χ1v) is 7.85. The fraction of sp³-hybridized carbons (Fsp3) is 0.278. The molecule has 0 spiro atoms. The SMILES string of the molecule is Cc1ccc(C(=O)NC2CC2)cc1-n1c(C)nc2cccnc21. The molecule has 1 aliphatic rings. The highest BCUT2D eigenvalue weighted by Crippen LogP contribution is 2.24. The standard InChI is InChI=1S/C18H18N4O/c1-11-5-6-13(18(23)21-14-7-8-14)10-16(11)22-12(2)20-15-4-3-9-19-17(15)22/h3-6,9-10,14H,7-8H2,1-2H3,(H,21,23). The maximum atomic E-state index is 12.3. The van der Waals surface area contributed by atoms with Gasteiger partial charge in [0.15, 0.2) is 5.65 Å². The van der Waals surface area contributed by atoms with Crippen LogP contribution >= 0.6 is 0 Å². The van der Waals surface area contributed by atoms with Crippen molar-refractivity contribution < 1.29 is 4.79 Å². The van der Waals surface area contributed by atoms with Gasteiger partial charge in [-0.1, -0.05) is 6.07 Å². The summed E-state index contributed by atoms with van der Waals surface area (Å²) in [5.74, 6) is 0.852. The van der Waals surface area contributed by atoms with Gasteiger partial charge in [-0.2, -0.15) is 0 Å². The number of benzene rings is 1. The summed E-state index contributed by atoms with van der Waals surface area (Å²) in [6.45, 7) is 3.99. The third-order valence-electron chi connectivity index (χ3n) is 4.21. The van der Waals surface area contributed by atoms with E-state index in [1.54, 1.807) is 6.20 Å². The molecule has 3 aromatic rings. The predicted octanol–water partition coefficient (Wildman–Crippen LogP) is 2.93. The second-order valence-corrected chi connectivity index (χ2v) is 6.09. The van der Waals surface area contributed by atoms with Crippen molar-refractivity contribution in [2.45, 2.75) is 32.7 Å². The number of pyridine rings is 1. The van der Waals surface area contributed by atoms with Crippen molar-refractivity contribution in [1.29, 1.82) is 0 Å². The quantitative estimate of drug-likeness (QED) is 0.809. The summed E-state index contributed by atoms with van der Waals surface area (Å²) < 4.78 is 2.01. The van der Waals surface area contributed by atoms with Crippen molar-refractivity contribution in [2.75, 3.05) is 0 Å². The molecule has 1 saturated carbocycles. The highest BCUT2D eigenvalue weighted by atomic mass is 16.1. The third kappa shape index (κ3) is 2.48. The van der Waals surface area contributed by atoms with E-state index in [1.165, 1.54) is 0 Å². The maximum Gasteiger partial charge on any atom is 0.251 e. The van der Waals surface area contributed by atoms with Gasteiger partial charge in [0, 0.05) is 17.8 Å². The molecule has 1 fully saturated rings. The summed E-state index contributed by atoms with van der Waals surface area (Å²) in [7, 11) is 0. The Morgan fingerprint density at radius 3 is 2.87 bits per heavy atom. The molecule has 5 nitrogen and oxygen atoms in total. The Bertz CT molecular complexity index is 909. The minimum absolute atomic E-state index is 0.0104. The van der Waals surface area contributed by atoms with Gasteiger partial charge in [-0.15, -0.1) is 0 Å². The Morgan fingerprint density at radius 1 is 1.26 bits per heavy atom. The molecule has 2 aromatic heterocycles. The molecular weight excluding hydrogens is 288 g/mol. The number of rotatable bonds is 3. The van der Waals surface area contributed by atoms with E-state index in [0.29, 0.717) is 11.6 Å². The van der Waals surface area contributed by atoms with E-state index in [-0.39, 0.29) is 5.91 Å². The number of amides is 1. The van der Waals surface area contributed by atoms with Crippen LogP contribution in [-0.2, 0) is 0 Å². The highest BCUT2D eigenvalue weighted by molar-refractivity contribution is 5.95. The summed E-state index contributed by atoms with van der Waals surface area (Å²) in [5.41, 5.74) is 4.38. The molecule has 0 aliphatic heterocycles. The molecule has 1 aromatic carbocycles. The fourth-order valence-corrected chi connectivity index (χ4v) is 2.80. The van der Waals surface area contributed by atoms with Gasteiger partial charge in [-0.25, -0.2) is 9.97 Å². The molecule has 0 radical (unpaired) electrons. The lowest BCUT2D eigenvalue weighted by atomic mass is 10.1. The van der Waals surface area contributed by atoms with Crippen molar-refractivity contribution in [3.63, 3.8) is 0 Å². The van der Waals surface area contributed by atoms with Crippen LogP contribution in [0.3, 0.4) is 0 Å². The summed E-state index contributed by atoms with van der Waals surface area (Å²) in [6.07, 6.45) is 3.93. The second-order valence-electron chi connectivity index (χ2n) is 6.09. The van der Waals surface area contributed by atoms with Gasteiger partial charge in [-0.05, 0) is 56.5 Å². The molecule has 1 N–H and O–H groups in total. The first-order chi connectivity index (χ1) is 11.1. The molecule has 0 saturated heterocycles. The zero-order valence-electron chi connectivity index (χ0n) is 13.2. The van der Waals surface area contributed by atoms with Crippen LogP contribution in [0.5, 0.6) is 0 Å². The van der Waals surface area contributed by atoms with Gasteiger partial charge in [0.25, 0.3) is 5.91 Å². The van der Waals surface area contributed by atoms with Crippen LogP contribution in [0.1, 0.15) is 34.6 Å². The number of nitrogens with zero attached hydrogens (tertiary/aromatic N) is 3. The lowest BCUT2D eigenvalue weighted by Gasteiger charge is -2.12. The van der Waals surface area contributed by atoms with Crippen LogP contribution in [0.15, 0.2) is 36.5 Å². The molecule has 116 valence electrons. The van der Waals surface area contributed by atoms with E-state index in [9.17, 15) is 4.79 Å². The van der Waals surface area contributed by atoms with E-state index in [4.69, 9.17) is 0 Å². The number of nitrogens with one attached hydrogen (secondary N) is 1. The number of hydrogen-bond donors (Lipinski definition) is 1. The average Bonchev–Trinajstić information content (AvgIpc) is 3.28. The number of imidazole rings is 1. The molecule has 1 amide bonds. The Hall–Kier alpha value is -2.69. The Morgan fingerprint density at radius 2 is 2.09 bits per heavy atom. The van der Waals surface area contributed by atoms with Gasteiger partial charge >= 0.3 is 0 Å².